The highest BCUT2D eigenvalue weighted by atomic mass is 32.1. The zero-order valence-electron chi connectivity index (χ0n) is 20.5. The number of hydrogen-bond acceptors (Lipinski definition) is 6. The molecule has 1 N–H and O–H groups in total. The van der Waals surface area contributed by atoms with Crippen LogP contribution >= 0.6 is 11.3 Å². The Labute approximate surface area is 207 Å². The molecule has 0 radical (unpaired) electrons. The van der Waals surface area contributed by atoms with Gasteiger partial charge in [0.1, 0.15) is 5.69 Å². The predicted octanol–water partition coefficient (Wildman–Crippen LogP) is 5.97. The van der Waals surface area contributed by atoms with Gasteiger partial charge >= 0.3 is 0 Å². The molecule has 1 saturated heterocycles. The summed E-state index contributed by atoms with van der Waals surface area (Å²) in [5.41, 5.74) is 3.49. The van der Waals surface area contributed by atoms with E-state index in [-0.39, 0.29) is 0 Å². The van der Waals surface area contributed by atoms with E-state index in [1.165, 1.54) is 75.3 Å². The van der Waals surface area contributed by atoms with Gasteiger partial charge in [-0.25, -0.2) is 4.98 Å². The summed E-state index contributed by atoms with van der Waals surface area (Å²) in [4.78, 5) is 11.3. The molecule has 2 saturated carbocycles. The standard InChI is InChI=1S/C27H38N6S/c1-20-12-14-21(15-13-20)24-25(28-22-8-4-2-5-9-22)33-26(29-24)34-27(30-33)32-18-16-31(17-19-32)23-10-6-3-7-11-23/h12-15,22-23,28H,2-11,16-19H2,1H3. The Bertz CT molecular complexity index is 1080. The second-order valence-electron chi connectivity index (χ2n) is 10.5. The number of imidazole rings is 1. The molecule has 0 spiro atoms. The zero-order chi connectivity index (χ0) is 22.9. The third kappa shape index (κ3) is 4.57. The summed E-state index contributed by atoms with van der Waals surface area (Å²) >= 11 is 1.74. The largest absolute Gasteiger partial charge is 0.365 e. The van der Waals surface area contributed by atoms with Crippen LogP contribution in [0.3, 0.4) is 0 Å². The maximum atomic E-state index is 5.12. The van der Waals surface area contributed by atoms with Gasteiger partial charge in [0.05, 0.1) is 0 Å². The average Bonchev–Trinajstić information content (AvgIpc) is 3.45. The molecule has 0 bridgehead atoms. The van der Waals surface area contributed by atoms with Crippen LogP contribution in [0.4, 0.5) is 10.9 Å². The van der Waals surface area contributed by atoms with Crippen LogP contribution in [0.15, 0.2) is 24.3 Å². The number of hydrogen-bond donors (Lipinski definition) is 1. The van der Waals surface area contributed by atoms with E-state index in [2.05, 4.69) is 50.8 Å². The highest BCUT2D eigenvalue weighted by Crippen LogP contribution is 2.35. The Morgan fingerprint density at radius 2 is 1.53 bits per heavy atom. The zero-order valence-corrected chi connectivity index (χ0v) is 21.3. The van der Waals surface area contributed by atoms with Crippen molar-refractivity contribution in [3.63, 3.8) is 0 Å². The van der Waals surface area contributed by atoms with E-state index in [0.29, 0.717) is 6.04 Å². The van der Waals surface area contributed by atoms with Crippen molar-refractivity contribution >= 4 is 27.2 Å². The minimum Gasteiger partial charge on any atom is -0.365 e. The molecule has 34 heavy (non-hydrogen) atoms. The van der Waals surface area contributed by atoms with E-state index in [1.54, 1.807) is 11.3 Å². The second kappa shape index (κ2) is 9.86. The normalized spacial score (nSPS) is 21.4. The van der Waals surface area contributed by atoms with Crippen molar-refractivity contribution in [2.45, 2.75) is 83.2 Å². The monoisotopic (exact) mass is 478 g/mol. The van der Waals surface area contributed by atoms with Gasteiger partial charge < -0.3 is 10.2 Å². The van der Waals surface area contributed by atoms with Crippen LogP contribution in [0.1, 0.15) is 69.8 Å². The highest BCUT2D eigenvalue weighted by Gasteiger charge is 2.28. The van der Waals surface area contributed by atoms with E-state index in [9.17, 15) is 0 Å². The van der Waals surface area contributed by atoms with Gasteiger partial charge in [-0.05, 0) is 32.6 Å². The molecule has 2 aliphatic carbocycles. The summed E-state index contributed by atoms with van der Waals surface area (Å²) in [6.45, 7) is 6.61. The smallest absolute Gasteiger partial charge is 0.216 e. The van der Waals surface area contributed by atoms with Crippen LogP contribution in [0.25, 0.3) is 16.2 Å². The molecule has 3 aliphatic rings. The fraction of sp³-hybridized carbons (Fsp3) is 0.630. The van der Waals surface area contributed by atoms with Crippen molar-refractivity contribution in [3.8, 4) is 11.3 Å². The van der Waals surface area contributed by atoms with Crippen LogP contribution < -0.4 is 10.2 Å². The number of benzene rings is 1. The second-order valence-corrected chi connectivity index (χ2v) is 11.5. The lowest BCUT2D eigenvalue weighted by Crippen LogP contribution is -2.50. The lowest BCUT2D eigenvalue weighted by molar-refractivity contribution is 0.148. The Kier molecular flexibility index (Phi) is 6.48. The van der Waals surface area contributed by atoms with E-state index in [0.717, 1.165) is 53.8 Å². The lowest BCUT2D eigenvalue weighted by atomic mass is 9.94. The van der Waals surface area contributed by atoms with Crippen molar-refractivity contribution in [2.75, 3.05) is 36.4 Å². The summed E-state index contributed by atoms with van der Waals surface area (Å²) in [5.74, 6) is 1.08. The summed E-state index contributed by atoms with van der Waals surface area (Å²) in [5, 5.41) is 10.1. The quantitative estimate of drug-likeness (QED) is 0.490. The first-order chi connectivity index (χ1) is 16.7. The van der Waals surface area contributed by atoms with Crippen LogP contribution in [0, 0.1) is 6.92 Å². The molecule has 0 unspecified atom stereocenters. The van der Waals surface area contributed by atoms with Crippen LogP contribution in [0.5, 0.6) is 0 Å². The molecule has 3 fully saturated rings. The Morgan fingerprint density at radius 1 is 0.853 bits per heavy atom. The molecule has 6 nitrogen and oxygen atoms in total. The van der Waals surface area contributed by atoms with Crippen molar-refractivity contribution in [1.82, 2.24) is 19.5 Å². The molecular weight excluding hydrogens is 440 g/mol. The van der Waals surface area contributed by atoms with Crippen LogP contribution in [0.2, 0.25) is 0 Å². The molecule has 182 valence electrons. The maximum Gasteiger partial charge on any atom is 0.216 e. The predicted molar refractivity (Wildman–Crippen MR) is 142 cm³/mol. The van der Waals surface area contributed by atoms with Gasteiger partial charge in [-0.15, -0.1) is 5.10 Å². The summed E-state index contributed by atoms with van der Waals surface area (Å²) in [7, 11) is 0. The Morgan fingerprint density at radius 3 is 2.24 bits per heavy atom. The van der Waals surface area contributed by atoms with Crippen molar-refractivity contribution in [1.29, 1.82) is 0 Å². The molecule has 0 amide bonds. The highest BCUT2D eigenvalue weighted by molar-refractivity contribution is 7.20. The number of aryl methyl sites for hydroxylation is 1. The Hall–Kier alpha value is -2.12. The minimum absolute atomic E-state index is 0.516. The maximum absolute atomic E-state index is 5.12. The van der Waals surface area contributed by atoms with Gasteiger partial charge in [-0.2, -0.15) is 4.52 Å². The molecular formula is C27H38N6S. The fourth-order valence-electron chi connectivity index (χ4n) is 6.07. The number of nitrogens with zero attached hydrogens (tertiary/aromatic N) is 5. The molecule has 6 rings (SSSR count). The number of rotatable bonds is 5. The van der Waals surface area contributed by atoms with E-state index in [1.807, 2.05) is 0 Å². The number of piperazine rings is 1. The van der Waals surface area contributed by atoms with Crippen molar-refractivity contribution in [3.05, 3.63) is 29.8 Å². The van der Waals surface area contributed by atoms with E-state index in [4.69, 9.17) is 10.1 Å². The fourth-order valence-corrected chi connectivity index (χ4v) is 7.03. The van der Waals surface area contributed by atoms with Gasteiger partial charge in [0.2, 0.25) is 10.1 Å². The molecule has 1 aliphatic heterocycles. The molecule has 3 heterocycles. The van der Waals surface area contributed by atoms with Crippen LogP contribution in [-0.2, 0) is 0 Å². The minimum atomic E-state index is 0.516. The first-order valence-electron chi connectivity index (χ1n) is 13.5. The molecule has 2 aromatic heterocycles. The number of aromatic nitrogens is 3. The van der Waals surface area contributed by atoms with E-state index < -0.39 is 0 Å². The topological polar surface area (TPSA) is 48.7 Å². The summed E-state index contributed by atoms with van der Waals surface area (Å²) in [6.07, 6.45) is 13.5. The van der Waals surface area contributed by atoms with Gasteiger partial charge in [0, 0.05) is 43.8 Å². The van der Waals surface area contributed by atoms with Crippen molar-refractivity contribution in [2.24, 2.45) is 0 Å². The number of fused-ring (bicyclic) bond motifs is 1. The molecule has 0 atom stereocenters. The first kappa shape index (κ1) is 22.4. The summed E-state index contributed by atoms with van der Waals surface area (Å²) in [6, 6.07) is 10.1. The first-order valence-corrected chi connectivity index (χ1v) is 14.3. The third-order valence-corrected chi connectivity index (χ3v) is 9.11. The SMILES string of the molecule is Cc1ccc(-c2nc3sc(N4CCN(C5CCCCC5)CC4)nn3c2NC2CCCCC2)cc1. The van der Waals surface area contributed by atoms with Gasteiger partial charge in [0.25, 0.3) is 0 Å². The lowest BCUT2D eigenvalue weighted by Gasteiger charge is -2.40. The average molecular weight is 479 g/mol. The van der Waals surface area contributed by atoms with Gasteiger partial charge in [-0.3, -0.25) is 4.90 Å². The van der Waals surface area contributed by atoms with Crippen molar-refractivity contribution < 1.29 is 0 Å². The third-order valence-electron chi connectivity index (χ3n) is 8.14. The molecule has 3 aromatic rings. The Balaban J connectivity index is 1.25. The van der Waals surface area contributed by atoms with Gasteiger partial charge in [0.15, 0.2) is 5.82 Å². The number of anilines is 2. The van der Waals surface area contributed by atoms with E-state index >= 15 is 0 Å². The molecule has 1 aromatic carbocycles. The van der Waals surface area contributed by atoms with Gasteiger partial charge in [-0.1, -0.05) is 79.7 Å². The van der Waals surface area contributed by atoms with Crippen LogP contribution in [-0.4, -0.2) is 57.8 Å². The summed E-state index contributed by atoms with van der Waals surface area (Å²) < 4.78 is 2.09. The molecule has 7 heteroatoms. The number of nitrogens with one attached hydrogen (secondary N) is 1.